The first-order chi connectivity index (χ1) is 16.8. The average molecular weight is 479 g/mol. The van der Waals surface area contributed by atoms with E-state index in [4.69, 9.17) is 9.47 Å². The molecule has 0 spiro atoms. The summed E-state index contributed by atoms with van der Waals surface area (Å²) in [5, 5.41) is 11.2. The minimum Gasteiger partial charge on any atom is -0.507 e. The number of morpholine rings is 1. The zero-order valence-electron chi connectivity index (χ0n) is 20.7. The van der Waals surface area contributed by atoms with E-state index >= 15 is 0 Å². The lowest BCUT2D eigenvalue weighted by Gasteiger charge is -2.29. The number of ketones is 1. The molecule has 2 aromatic carbocycles. The van der Waals surface area contributed by atoms with Crippen molar-refractivity contribution in [2.75, 3.05) is 39.4 Å². The van der Waals surface area contributed by atoms with Crippen LogP contribution in [0.15, 0.2) is 54.1 Å². The lowest BCUT2D eigenvalue weighted by Crippen LogP contribution is -2.38. The van der Waals surface area contributed by atoms with Gasteiger partial charge in [-0.3, -0.25) is 14.5 Å². The molecular formula is C28H34N2O5. The van der Waals surface area contributed by atoms with Gasteiger partial charge in [0.25, 0.3) is 11.7 Å². The van der Waals surface area contributed by atoms with Gasteiger partial charge in [-0.2, -0.15) is 0 Å². The van der Waals surface area contributed by atoms with Gasteiger partial charge in [-0.15, -0.1) is 0 Å². The highest BCUT2D eigenvalue weighted by Gasteiger charge is 2.45. The van der Waals surface area contributed by atoms with E-state index in [-0.39, 0.29) is 17.4 Å². The molecule has 1 atom stereocenters. The molecule has 1 amide bonds. The third-order valence-electron chi connectivity index (χ3n) is 6.41. The van der Waals surface area contributed by atoms with Crippen LogP contribution in [0.5, 0.6) is 5.75 Å². The fourth-order valence-electron chi connectivity index (χ4n) is 4.61. The van der Waals surface area contributed by atoms with Crippen molar-refractivity contribution in [2.45, 2.75) is 39.3 Å². The zero-order valence-corrected chi connectivity index (χ0v) is 20.7. The molecular weight excluding hydrogens is 444 g/mol. The SMILES string of the molecule is Cc1ccc([C@H]2/C(=C(\O)c3ccc(OC(C)C)cc3)C(=O)C(=O)N2CCCN2CCOCC2)cc1. The summed E-state index contributed by atoms with van der Waals surface area (Å²) in [4.78, 5) is 30.2. The lowest BCUT2D eigenvalue weighted by molar-refractivity contribution is -0.140. The highest BCUT2D eigenvalue weighted by molar-refractivity contribution is 6.46. The van der Waals surface area contributed by atoms with E-state index in [1.54, 1.807) is 29.2 Å². The largest absolute Gasteiger partial charge is 0.507 e. The van der Waals surface area contributed by atoms with Crippen LogP contribution in [0, 0.1) is 6.92 Å². The molecule has 0 bridgehead atoms. The molecule has 7 nitrogen and oxygen atoms in total. The van der Waals surface area contributed by atoms with Crippen molar-refractivity contribution in [3.05, 3.63) is 70.8 Å². The van der Waals surface area contributed by atoms with Crippen molar-refractivity contribution in [1.29, 1.82) is 0 Å². The first kappa shape index (κ1) is 24.9. The van der Waals surface area contributed by atoms with Crippen molar-refractivity contribution >= 4 is 17.4 Å². The number of carbonyl (C=O) groups excluding carboxylic acids is 2. The summed E-state index contributed by atoms with van der Waals surface area (Å²) in [6, 6.07) is 14.1. The average Bonchev–Trinajstić information content (AvgIpc) is 3.10. The summed E-state index contributed by atoms with van der Waals surface area (Å²) < 4.78 is 11.1. The number of ether oxygens (including phenoxy) is 2. The van der Waals surface area contributed by atoms with Gasteiger partial charge in [0.2, 0.25) is 0 Å². The summed E-state index contributed by atoms with van der Waals surface area (Å²) in [5.74, 6) is -0.711. The Balaban J connectivity index is 1.64. The van der Waals surface area contributed by atoms with Crippen LogP contribution in [-0.2, 0) is 14.3 Å². The van der Waals surface area contributed by atoms with E-state index in [1.807, 2.05) is 45.0 Å². The van der Waals surface area contributed by atoms with Crippen molar-refractivity contribution in [3.63, 3.8) is 0 Å². The summed E-state index contributed by atoms with van der Waals surface area (Å²) in [5.41, 5.74) is 2.49. The molecule has 2 aliphatic heterocycles. The number of benzene rings is 2. The minimum atomic E-state index is -0.651. The maximum atomic E-state index is 13.2. The number of aliphatic hydroxyl groups excluding tert-OH is 1. The van der Waals surface area contributed by atoms with Gasteiger partial charge < -0.3 is 19.5 Å². The molecule has 0 unspecified atom stereocenters. The maximum Gasteiger partial charge on any atom is 0.295 e. The number of likely N-dealkylation sites (tertiary alicyclic amines) is 1. The fourth-order valence-corrected chi connectivity index (χ4v) is 4.61. The highest BCUT2D eigenvalue weighted by atomic mass is 16.5. The zero-order chi connectivity index (χ0) is 24.9. The number of hydrogen-bond donors (Lipinski definition) is 1. The smallest absolute Gasteiger partial charge is 0.295 e. The number of amides is 1. The first-order valence-electron chi connectivity index (χ1n) is 12.3. The Morgan fingerprint density at radius 1 is 1.03 bits per heavy atom. The van der Waals surface area contributed by atoms with Gasteiger partial charge in [0.1, 0.15) is 11.5 Å². The van der Waals surface area contributed by atoms with Crippen LogP contribution in [-0.4, -0.2) is 72.1 Å². The Morgan fingerprint density at radius 2 is 1.69 bits per heavy atom. The summed E-state index contributed by atoms with van der Waals surface area (Å²) in [6.45, 7) is 10.3. The fraction of sp³-hybridized carbons (Fsp3) is 0.429. The van der Waals surface area contributed by atoms with Crippen LogP contribution < -0.4 is 4.74 Å². The molecule has 2 fully saturated rings. The van der Waals surface area contributed by atoms with Gasteiger partial charge in [0, 0.05) is 31.7 Å². The Kier molecular flexibility index (Phi) is 7.88. The van der Waals surface area contributed by atoms with E-state index in [0.717, 1.165) is 50.4 Å². The number of nitrogens with zero attached hydrogens (tertiary/aromatic N) is 2. The van der Waals surface area contributed by atoms with E-state index in [0.29, 0.717) is 17.9 Å². The van der Waals surface area contributed by atoms with Crippen LogP contribution in [0.3, 0.4) is 0 Å². The number of aliphatic hydroxyl groups is 1. The third kappa shape index (κ3) is 5.74. The molecule has 0 saturated carbocycles. The van der Waals surface area contributed by atoms with Crippen LogP contribution in [0.2, 0.25) is 0 Å². The molecule has 2 heterocycles. The van der Waals surface area contributed by atoms with Gasteiger partial charge in [-0.1, -0.05) is 29.8 Å². The molecule has 1 N–H and O–H groups in total. The van der Waals surface area contributed by atoms with Crippen LogP contribution in [0.1, 0.15) is 43.0 Å². The van der Waals surface area contributed by atoms with E-state index in [9.17, 15) is 14.7 Å². The molecule has 2 aromatic rings. The minimum absolute atomic E-state index is 0.0266. The molecule has 0 radical (unpaired) electrons. The molecule has 35 heavy (non-hydrogen) atoms. The van der Waals surface area contributed by atoms with Crippen molar-refractivity contribution in [2.24, 2.45) is 0 Å². The monoisotopic (exact) mass is 478 g/mol. The number of hydrogen-bond acceptors (Lipinski definition) is 6. The number of rotatable bonds is 8. The van der Waals surface area contributed by atoms with Gasteiger partial charge >= 0.3 is 0 Å². The van der Waals surface area contributed by atoms with Gasteiger partial charge in [0.05, 0.1) is 30.9 Å². The van der Waals surface area contributed by atoms with Crippen LogP contribution in [0.25, 0.3) is 5.76 Å². The Bertz CT molecular complexity index is 1070. The Labute approximate surface area is 206 Å². The molecule has 4 rings (SSSR count). The molecule has 186 valence electrons. The Hall–Kier alpha value is -3.16. The Morgan fingerprint density at radius 3 is 2.31 bits per heavy atom. The van der Waals surface area contributed by atoms with Gasteiger partial charge in [0.15, 0.2) is 0 Å². The van der Waals surface area contributed by atoms with Gasteiger partial charge in [-0.05, 0) is 57.0 Å². The lowest BCUT2D eigenvalue weighted by atomic mass is 9.94. The van der Waals surface area contributed by atoms with Gasteiger partial charge in [-0.25, -0.2) is 0 Å². The number of carbonyl (C=O) groups is 2. The predicted octanol–water partition coefficient (Wildman–Crippen LogP) is 3.93. The highest BCUT2D eigenvalue weighted by Crippen LogP contribution is 2.39. The van der Waals surface area contributed by atoms with Crippen LogP contribution in [0.4, 0.5) is 0 Å². The summed E-state index contributed by atoms with van der Waals surface area (Å²) >= 11 is 0. The molecule has 7 heteroatoms. The first-order valence-corrected chi connectivity index (χ1v) is 12.3. The predicted molar refractivity (Wildman–Crippen MR) is 134 cm³/mol. The van der Waals surface area contributed by atoms with Crippen molar-refractivity contribution < 1.29 is 24.2 Å². The molecule has 0 aromatic heterocycles. The van der Waals surface area contributed by atoms with Crippen LogP contribution >= 0.6 is 0 Å². The van der Waals surface area contributed by atoms with Crippen molar-refractivity contribution in [1.82, 2.24) is 9.80 Å². The normalized spacial score (nSPS) is 20.6. The number of aryl methyl sites for hydroxylation is 1. The standard InChI is InChI=1S/C28H34N2O5/c1-19(2)35-23-11-9-22(10-12-23)26(31)24-25(21-7-5-20(3)6-8-21)30(28(33)27(24)32)14-4-13-29-15-17-34-18-16-29/h5-12,19,25,31H,4,13-18H2,1-3H3/b26-24+/t25-/m0/s1. The summed E-state index contributed by atoms with van der Waals surface area (Å²) in [6.07, 6.45) is 0.759. The second-order valence-electron chi connectivity index (χ2n) is 9.40. The van der Waals surface area contributed by atoms with E-state index in [1.165, 1.54) is 0 Å². The second kappa shape index (κ2) is 11.1. The molecule has 2 saturated heterocycles. The maximum absolute atomic E-state index is 13.2. The third-order valence-corrected chi connectivity index (χ3v) is 6.41. The number of Topliss-reactive ketones (excluding diaryl/α,β-unsaturated/α-hetero) is 1. The van der Waals surface area contributed by atoms with E-state index < -0.39 is 17.7 Å². The quantitative estimate of drug-likeness (QED) is 0.352. The van der Waals surface area contributed by atoms with Crippen molar-refractivity contribution in [3.8, 4) is 5.75 Å². The topological polar surface area (TPSA) is 79.3 Å². The molecule has 2 aliphatic rings. The second-order valence-corrected chi connectivity index (χ2v) is 9.40. The molecule has 0 aliphatic carbocycles. The van der Waals surface area contributed by atoms with E-state index in [2.05, 4.69) is 4.90 Å². The summed E-state index contributed by atoms with van der Waals surface area (Å²) in [7, 11) is 0.